The van der Waals surface area contributed by atoms with E-state index in [0.717, 1.165) is 0 Å². The first kappa shape index (κ1) is 13.8. The summed E-state index contributed by atoms with van der Waals surface area (Å²) in [4.78, 5) is 0.114. The van der Waals surface area contributed by atoms with E-state index >= 15 is 0 Å². The second kappa shape index (κ2) is 5.18. The highest BCUT2D eigenvalue weighted by atomic mass is 33.1. The monoisotopic (exact) mass is 299 g/mol. The lowest BCUT2D eigenvalue weighted by Crippen LogP contribution is -1.96. The minimum absolute atomic E-state index is 0.0472. The van der Waals surface area contributed by atoms with Gasteiger partial charge in [-0.3, -0.25) is 4.57 Å². The van der Waals surface area contributed by atoms with Gasteiger partial charge in [-0.2, -0.15) is 0 Å². The van der Waals surface area contributed by atoms with Crippen molar-refractivity contribution in [1.82, 2.24) is 4.57 Å². The second-order valence-corrected chi connectivity index (χ2v) is 8.11. The molecule has 2 N–H and O–H groups in total. The van der Waals surface area contributed by atoms with Crippen molar-refractivity contribution >= 4 is 19.7 Å². The van der Waals surface area contributed by atoms with E-state index in [1.807, 2.05) is 0 Å². The van der Waals surface area contributed by atoms with Crippen LogP contribution in [-0.4, -0.2) is 29.0 Å². The molecule has 0 saturated heterocycles. The van der Waals surface area contributed by atoms with Gasteiger partial charge in [0, 0.05) is 16.9 Å². The fraction of sp³-hybridized carbons (Fsp3) is 0.167. The van der Waals surface area contributed by atoms with Gasteiger partial charge < -0.3 is 10.2 Å². The molecule has 1 aromatic heterocycles. The third kappa shape index (κ3) is 2.87. The van der Waals surface area contributed by atoms with E-state index in [4.69, 9.17) is 0 Å². The van der Waals surface area contributed by atoms with E-state index in [1.54, 1.807) is 30.3 Å². The van der Waals surface area contributed by atoms with Crippen molar-refractivity contribution in [3.63, 3.8) is 0 Å². The summed E-state index contributed by atoms with van der Waals surface area (Å²) in [6.07, 6.45) is 0. The zero-order valence-electron chi connectivity index (χ0n) is 10.1. The molecule has 0 aliphatic carbocycles. The SMILES string of the molecule is CCS(=O)(=O)Sc1cc(O)n(-c2ccccc2)c1O. The highest BCUT2D eigenvalue weighted by molar-refractivity contribution is 8.72. The van der Waals surface area contributed by atoms with Crippen LogP contribution in [0.4, 0.5) is 0 Å². The molecule has 0 aliphatic heterocycles. The van der Waals surface area contributed by atoms with Gasteiger partial charge >= 0.3 is 0 Å². The molecule has 2 aromatic rings. The Labute approximate surface area is 114 Å². The summed E-state index contributed by atoms with van der Waals surface area (Å²) in [6.45, 7) is 1.52. The molecule has 0 amide bonds. The van der Waals surface area contributed by atoms with Gasteiger partial charge in [-0.05, 0) is 12.1 Å². The molecular formula is C12H13NO4S2. The average molecular weight is 299 g/mol. The lowest BCUT2D eigenvalue weighted by molar-refractivity contribution is 0.398. The number of rotatable bonds is 4. The van der Waals surface area contributed by atoms with E-state index in [9.17, 15) is 18.6 Å². The Morgan fingerprint density at radius 3 is 2.42 bits per heavy atom. The molecule has 0 fully saturated rings. The molecule has 0 bridgehead atoms. The predicted molar refractivity (Wildman–Crippen MR) is 74.4 cm³/mol. The molecular weight excluding hydrogens is 286 g/mol. The van der Waals surface area contributed by atoms with Crippen molar-refractivity contribution < 1.29 is 18.6 Å². The van der Waals surface area contributed by atoms with Crippen molar-refractivity contribution in [2.75, 3.05) is 5.75 Å². The van der Waals surface area contributed by atoms with Crippen molar-refractivity contribution in [3.05, 3.63) is 36.4 Å². The van der Waals surface area contributed by atoms with E-state index in [2.05, 4.69) is 0 Å². The molecule has 0 aliphatic rings. The smallest absolute Gasteiger partial charge is 0.213 e. The van der Waals surface area contributed by atoms with Crippen LogP contribution >= 0.6 is 10.8 Å². The molecule has 7 heteroatoms. The van der Waals surface area contributed by atoms with Gasteiger partial charge in [0.25, 0.3) is 0 Å². The number of hydrogen-bond donors (Lipinski definition) is 2. The average Bonchev–Trinajstić information content (AvgIpc) is 2.65. The highest BCUT2D eigenvalue weighted by Crippen LogP contribution is 2.40. The molecule has 2 rings (SSSR count). The maximum Gasteiger partial charge on any atom is 0.213 e. The maximum absolute atomic E-state index is 11.5. The van der Waals surface area contributed by atoms with Gasteiger partial charge in [0.05, 0.1) is 16.3 Å². The zero-order valence-corrected chi connectivity index (χ0v) is 11.8. The number of hydrogen-bond acceptors (Lipinski definition) is 5. The number of para-hydroxylation sites is 1. The Bertz CT molecular complexity index is 677. The molecule has 1 heterocycles. The van der Waals surface area contributed by atoms with Crippen molar-refractivity contribution in [2.45, 2.75) is 11.8 Å². The van der Waals surface area contributed by atoms with Crippen molar-refractivity contribution in [1.29, 1.82) is 0 Å². The molecule has 0 spiro atoms. The number of nitrogens with zero attached hydrogens (tertiary/aromatic N) is 1. The molecule has 19 heavy (non-hydrogen) atoms. The molecule has 102 valence electrons. The van der Waals surface area contributed by atoms with Crippen LogP contribution in [0.25, 0.3) is 5.69 Å². The first-order chi connectivity index (χ1) is 8.94. The molecule has 0 atom stereocenters. The predicted octanol–water partition coefficient (Wildman–Crippen LogP) is 2.33. The quantitative estimate of drug-likeness (QED) is 0.847. The molecule has 0 saturated carbocycles. The fourth-order valence-corrected chi connectivity index (χ4v) is 3.81. The van der Waals surface area contributed by atoms with Gasteiger partial charge in [0.1, 0.15) is 0 Å². The molecule has 5 nitrogen and oxygen atoms in total. The number of aromatic hydroxyl groups is 2. The van der Waals surface area contributed by atoms with E-state index in [-0.39, 0.29) is 22.4 Å². The van der Waals surface area contributed by atoms with Crippen LogP contribution in [0.2, 0.25) is 0 Å². The van der Waals surface area contributed by atoms with E-state index in [1.165, 1.54) is 17.6 Å². The van der Waals surface area contributed by atoms with Gasteiger partial charge in [-0.15, -0.1) is 0 Å². The Balaban J connectivity index is 2.47. The molecule has 0 unspecified atom stereocenters. The second-order valence-electron chi connectivity index (χ2n) is 3.79. The van der Waals surface area contributed by atoms with Crippen LogP contribution in [0.3, 0.4) is 0 Å². The third-order valence-corrected chi connectivity index (χ3v) is 5.95. The number of benzene rings is 1. The summed E-state index contributed by atoms with van der Waals surface area (Å²) >= 11 is 0. The Morgan fingerprint density at radius 1 is 1.21 bits per heavy atom. The largest absolute Gasteiger partial charge is 0.494 e. The lowest BCUT2D eigenvalue weighted by Gasteiger charge is -2.06. The van der Waals surface area contributed by atoms with E-state index in [0.29, 0.717) is 16.5 Å². The van der Waals surface area contributed by atoms with Crippen LogP contribution in [0.5, 0.6) is 11.8 Å². The van der Waals surface area contributed by atoms with Crippen LogP contribution in [0.1, 0.15) is 6.92 Å². The van der Waals surface area contributed by atoms with E-state index < -0.39 is 8.87 Å². The van der Waals surface area contributed by atoms with Crippen molar-refractivity contribution in [3.8, 4) is 17.4 Å². The fourth-order valence-electron chi connectivity index (χ4n) is 1.55. The summed E-state index contributed by atoms with van der Waals surface area (Å²) in [5, 5.41) is 19.9. The van der Waals surface area contributed by atoms with Crippen LogP contribution in [-0.2, 0) is 8.87 Å². The minimum atomic E-state index is -3.35. The highest BCUT2D eigenvalue weighted by Gasteiger charge is 2.20. The van der Waals surface area contributed by atoms with Crippen LogP contribution < -0.4 is 0 Å². The lowest BCUT2D eigenvalue weighted by atomic mass is 10.3. The Morgan fingerprint density at radius 2 is 1.84 bits per heavy atom. The standard InChI is InChI=1S/C12H13NO4S2/c1-2-19(16,17)18-10-8-11(14)13(12(10)15)9-6-4-3-5-7-9/h3-8,14-15H,2H2,1H3. The Kier molecular flexibility index (Phi) is 3.77. The summed E-state index contributed by atoms with van der Waals surface area (Å²) in [5.41, 5.74) is 0.554. The maximum atomic E-state index is 11.5. The van der Waals surface area contributed by atoms with Gasteiger partial charge in [0.2, 0.25) is 14.7 Å². The first-order valence-corrected chi connectivity index (χ1v) is 8.54. The minimum Gasteiger partial charge on any atom is -0.494 e. The van der Waals surface area contributed by atoms with Crippen molar-refractivity contribution in [2.24, 2.45) is 0 Å². The van der Waals surface area contributed by atoms with Gasteiger partial charge in [0.15, 0.2) is 5.88 Å². The summed E-state index contributed by atoms with van der Waals surface area (Å²) in [7, 11) is -2.80. The first-order valence-electron chi connectivity index (χ1n) is 5.56. The Hall–Kier alpha value is -1.60. The zero-order chi connectivity index (χ0) is 14.0. The van der Waals surface area contributed by atoms with Crippen LogP contribution in [0, 0.1) is 0 Å². The topological polar surface area (TPSA) is 79.5 Å². The number of aromatic nitrogens is 1. The summed E-state index contributed by atoms with van der Waals surface area (Å²) in [6, 6.07) is 9.94. The third-order valence-electron chi connectivity index (χ3n) is 2.51. The summed E-state index contributed by atoms with van der Waals surface area (Å²) in [5.74, 6) is -0.544. The van der Waals surface area contributed by atoms with Gasteiger partial charge in [-0.1, -0.05) is 25.1 Å². The van der Waals surface area contributed by atoms with Gasteiger partial charge in [-0.25, -0.2) is 8.42 Å². The normalized spacial score (nSPS) is 11.6. The molecule has 0 radical (unpaired) electrons. The van der Waals surface area contributed by atoms with Crippen LogP contribution in [0.15, 0.2) is 41.3 Å². The molecule has 1 aromatic carbocycles. The summed E-state index contributed by atoms with van der Waals surface area (Å²) < 4.78 is 24.3.